The van der Waals surface area contributed by atoms with Gasteiger partial charge in [-0.2, -0.15) is 0 Å². The number of ether oxygens (including phenoxy) is 2. The monoisotopic (exact) mass is 417 g/mol. The van der Waals surface area contributed by atoms with Crippen molar-refractivity contribution >= 4 is 31.9 Å². The smallest absolute Gasteiger partial charge is 0.142 e. The molecule has 0 spiro atoms. The Morgan fingerprint density at radius 2 is 1.76 bits per heavy atom. The highest BCUT2D eigenvalue weighted by molar-refractivity contribution is 9.11. The Kier molecular flexibility index (Phi) is 5.24. The molecule has 6 heteroatoms. The summed E-state index contributed by atoms with van der Waals surface area (Å²) in [7, 11) is 3.10. The lowest BCUT2D eigenvalue weighted by molar-refractivity contribution is 0.384. The maximum atomic E-state index is 14.2. The predicted octanol–water partition coefficient (Wildman–Crippen LogP) is 4.42. The van der Waals surface area contributed by atoms with Crippen LogP contribution in [0.1, 0.15) is 17.2 Å². The van der Waals surface area contributed by atoms with E-state index in [0.29, 0.717) is 31.6 Å². The molecule has 0 amide bonds. The molecule has 2 aromatic carbocycles. The van der Waals surface area contributed by atoms with Gasteiger partial charge in [-0.25, -0.2) is 4.39 Å². The molecule has 2 aromatic rings. The van der Waals surface area contributed by atoms with E-state index in [1.54, 1.807) is 37.4 Å². The summed E-state index contributed by atoms with van der Waals surface area (Å²) in [5, 5.41) is 0. The van der Waals surface area contributed by atoms with Gasteiger partial charge in [-0.1, -0.05) is 12.1 Å². The van der Waals surface area contributed by atoms with E-state index >= 15 is 0 Å². The summed E-state index contributed by atoms with van der Waals surface area (Å²) < 4.78 is 25.9. The molecule has 0 aliphatic carbocycles. The van der Waals surface area contributed by atoms with E-state index in [-0.39, 0.29) is 5.82 Å². The Labute approximate surface area is 139 Å². The Hall–Kier alpha value is -1.11. The van der Waals surface area contributed by atoms with E-state index in [1.165, 1.54) is 7.11 Å². The average Bonchev–Trinajstić information content (AvgIpc) is 2.49. The third kappa shape index (κ3) is 3.07. The van der Waals surface area contributed by atoms with Crippen LogP contribution in [0.4, 0.5) is 4.39 Å². The van der Waals surface area contributed by atoms with Gasteiger partial charge in [0, 0.05) is 11.1 Å². The van der Waals surface area contributed by atoms with Gasteiger partial charge >= 0.3 is 0 Å². The third-order valence-electron chi connectivity index (χ3n) is 3.17. The van der Waals surface area contributed by atoms with Crippen molar-refractivity contribution < 1.29 is 13.9 Å². The number of benzene rings is 2. The fourth-order valence-corrected chi connectivity index (χ4v) is 3.16. The number of hydrogen-bond donors (Lipinski definition) is 1. The first kappa shape index (κ1) is 16.3. The lowest BCUT2D eigenvalue weighted by atomic mass is 9.98. The van der Waals surface area contributed by atoms with Crippen LogP contribution in [-0.2, 0) is 0 Å². The molecule has 0 fully saturated rings. The Bertz CT molecular complexity index is 664. The molecule has 21 heavy (non-hydrogen) atoms. The molecular weight excluding hydrogens is 405 g/mol. The van der Waals surface area contributed by atoms with Crippen LogP contribution >= 0.6 is 31.9 Å². The number of rotatable bonds is 4. The van der Waals surface area contributed by atoms with Crippen LogP contribution in [0, 0.1) is 5.82 Å². The maximum absolute atomic E-state index is 14.2. The van der Waals surface area contributed by atoms with E-state index in [1.807, 2.05) is 0 Å². The molecule has 2 N–H and O–H groups in total. The molecule has 112 valence electrons. The minimum atomic E-state index is -0.653. The van der Waals surface area contributed by atoms with Crippen molar-refractivity contribution in [1.29, 1.82) is 0 Å². The highest BCUT2D eigenvalue weighted by Crippen LogP contribution is 2.41. The van der Waals surface area contributed by atoms with Crippen molar-refractivity contribution in [2.75, 3.05) is 14.2 Å². The van der Waals surface area contributed by atoms with E-state index in [4.69, 9.17) is 15.2 Å². The van der Waals surface area contributed by atoms with E-state index < -0.39 is 6.04 Å². The molecule has 0 aliphatic heterocycles. The largest absolute Gasteiger partial charge is 0.495 e. The van der Waals surface area contributed by atoms with Crippen molar-refractivity contribution in [3.63, 3.8) is 0 Å². The van der Waals surface area contributed by atoms with Crippen molar-refractivity contribution in [3.8, 4) is 11.5 Å². The van der Waals surface area contributed by atoms with Gasteiger partial charge in [-0.3, -0.25) is 0 Å². The van der Waals surface area contributed by atoms with Crippen molar-refractivity contribution in [2.45, 2.75) is 6.04 Å². The maximum Gasteiger partial charge on any atom is 0.142 e. The van der Waals surface area contributed by atoms with Gasteiger partial charge in [0.05, 0.1) is 24.7 Å². The van der Waals surface area contributed by atoms with Gasteiger partial charge in [0.15, 0.2) is 0 Å². The van der Waals surface area contributed by atoms with Crippen LogP contribution in [0.15, 0.2) is 39.3 Å². The van der Waals surface area contributed by atoms with Gasteiger partial charge in [0.2, 0.25) is 0 Å². The van der Waals surface area contributed by atoms with Gasteiger partial charge in [-0.05, 0) is 50.1 Å². The molecule has 0 radical (unpaired) electrons. The normalized spacial score (nSPS) is 12.1. The summed E-state index contributed by atoms with van der Waals surface area (Å²) in [6.07, 6.45) is 0. The number of hydrogen-bond acceptors (Lipinski definition) is 3. The fourth-order valence-electron chi connectivity index (χ4n) is 2.09. The second-order valence-electron chi connectivity index (χ2n) is 4.32. The minimum Gasteiger partial charge on any atom is -0.495 e. The van der Waals surface area contributed by atoms with Crippen LogP contribution < -0.4 is 15.2 Å². The van der Waals surface area contributed by atoms with Crippen LogP contribution in [0.25, 0.3) is 0 Å². The lowest BCUT2D eigenvalue weighted by Crippen LogP contribution is -2.15. The molecule has 0 saturated carbocycles. The third-order valence-corrected chi connectivity index (χ3v) is 4.53. The summed E-state index contributed by atoms with van der Waals surface area (Å²) in [6, 6.07) is 7.91. The molecule has 0 heterocycles. The quantitative estimate of drug-likeness (QED) is 0.799. The molecular formula is C15H14Br2FNO2. The zero-order chi connectivity index (χ0) is 15.6. The second-order valence-corrected chi connectivity index (χ2v) is 5.97. The highest BCUT2D eigenvalue weighted by atomic mass is 79.9. The SMILES string of the molecule is COc1ccc(C(N)c2cccc(Br)c2F)c(OC)c1Br. The zero-order valence-electron chi connectivity index (χ0n) is 11.5. The first-order chi connectivity index (χ1) is 10.0. The van der Waals surface area contributed by atoms with E-state index in [2.05, 4.69) is 31.9 Å². The number of methoxy groups -OCH3 is 2. The summed E-state index contributed by atoms with van der Waals surface area (Å²) in [4.78, 5) is 0. The predicted molar refractivity (Wildman–Crippen MR) is 87.4 cm³/mol. The molecule has 1 atom stereocenters. The topological polar surface area (TPSA) is 44.5 Å². The van der Waals surface area contributed by atoms with Gasteiger partial charge < -0.3 is 15.2 Å². The first-order valence-corrected chi connectivity index (χ1v) is 7.69. The standard InChI is InChI=1S/C15H14Br2FNO2/c1-20-11-7-6-9(15(21-2)12(11)17)14(19)8-4-3-5-10(16)13(8)18/h3-7,14H,19H2,1-2H3. The van der Waals surface area contributed by atoms with Crippen LogP contribution in [-0.4, -0.2) is 14.2 Å². The fraction of sp³-hybridized carbons (Fsp3) is 0.200. The number of nitrogens with two attached hydrogens (primary N) is 1. The Morgan fingerprint density at radius 3 is 2.38 bits per heavy atom. The van der Waals surface area contributed by atoms with Crippen molar-refractivity contribution in [1.82, 2.24) is 0 Å². The lowest BCUT2D eigenvalue weighted by Gasteiger charge is -2.19. The molecule has 3 nitrogen and oxygen atoms in total. The molecule has 1 unspecified atom stereocenters. The van der Waals surface area contributed by atoms with Gasteiger partial charge in [-0.15, -0.1) is 0 Å². The van der Waals surface area contributed by atoms with Crippen molar-refractivity contribution in [2.24, 2.45) is 5.73 Å². The summed E-state index contributed by atoms with van der Waals surface area (Å²) in [6.45, 7) is 0. The average molecular weight is 419 g/mol. The molecule has 0 bridgehead atoms. The minimum absolute atomic E-state index is 0.376. The highest BCUT2D eigenvalue weighted by Gasteiger charge is 2.22. The molecule has 0 aliphatic rings. The van der Waals surface area contributed by atoms with E-state index in [9.17, 15) is 4.39 Å². The molecule has 0 saturated heterocycles. The first-order valence-electron chi connectivity index (χ1n) is 6.11. The summed E-state index contributed by atoms with van der Waals surface area (Å²) in [5.41, 5.74) is 7.28. The van der Waals surface area contributed by atoms with Crippen LogP contribution in [0.5, 0.6) is 11.5 Å². The number of halogens is 3. The van der Waals surface area contributed by atoms with E-state index in [0.717, 1.165) is 0 Å². The van der Waals surface area contributed by atoms with Crippen molar-refractivity contribution in [3.05, 3.63) is 56.2 Å². The summed E-state index contributed by atoms with van der Waals surface area (Å²) in [5.74, 6) is 0.776. The molecule has 2 rings (SSSR count). The van der Waals surface area contributed by atoms with Crippen LogP contribution in [0.3, 0.4) is 0 Å². The van der Waals surface area contributed by atoms with Crippen LogP contribution in [0.2, 0.25) is 0 Å². The summed E-state index contributed by atoms with van der Waals surface area (Å²) >= 11 is 6.59. The second kappa shape index (κ2) is 6.77. The van der Waals surface area contributed by atoms with Gasteiger partial charge in [0.25, 0.3) is 0 Å². The molecule has 0 aromatic heterocycles. The van der Waals surface area contributed by atoms with Gasteiger partial charge in [0.1, 0.15) is 21.8 Å². The Morgan fingerprint density at radius 1 is 1.05 bits per heavy atom. The Balaban J connectivity index is 2.56. The zero-order valence-corrected chi connectivity index (χ0v) is 14.7.